The molecule has 7 heteroatoms. The molecule has 2 amide bonds. The van der Waals surface area contributed by atoms with Gasteiger partial charge in [0.05, 0.1) is 17.3 Å². The van der Waals surface area contributed by atoms with Gasteiger partial charge in [0.25, 0.3) is 5.91 Å². The van der Waals surface area contributed by atoms with E-state index in [9.17, 15) is 14.4 Å². The number of fused-ring (bicyclic) bond motifs is 1. The number of benzene rings is 1. The van der Waals surface area contributed by atoms with E-state index in [4.69, 9.17) is 5.11 Å². The third-order valence-corrected chi connectivity index (χ3v) is 5.00. The van der Waals surface area contributed by atoms with Gasteiger partial charge in [0.15, 0.2) is 0 Å². The second-order valence-electron chi connectivity index (χ2n) is 5.67. The molecule has 124 valence electrons. The van der Waals surface area contributed by atoms with Crippen molar-refractivity contribution in [2.75, 3.05) is 6.54 Å². The standard InChI is InChI=1S/C17H16N2O4S/c1-10-9-24-14(18-10)6-7-19-16(22)12-5-3-2-4-11(12)13(17(19)23)8-15(20)21/h2-5,9,13H,6-8H2,1H3,(H,20,21). The predicted molar refractivity (Wildman–Crippen MR) is 88.0 cm³/mol. The molecule has 2 heterocycles. The fraction of sp³-hybridized carbons (Fsp3) is 0.294. The minimum absolute atomic E-state index is 0.203. The number of amides is 2. The molecule has 2 aromatic rings. The van der Waals surface area contributed by atoms with Gasteiger partial charge in [0, 0.05) is 29.6 Å². The molecule has 0 saturated heterocycles. The van der Waals surface area contributed by atoms with Crippen molar-refractivity contribution >= 4 is 29.1 Å². The summed E-state index contributed by atoms with van der Waals surface area (Å²) in [6.07, 6.45) is 0.147. The summed E-state index contributed by atoms with van der Waals surface area (Å²) < 4.78 is 0. The van der Waals surface area contributed by atoms with Gasteiger partial charge in [-0.25, -0.2) is 4.98 Å². The Balaban J connectivity index is 1.88. The molecule has 1 unspecified atom stereocenters. The molecule has 6 nitrogen and oxygen atoms in total. The maximum Gasteiger partial charge on any atom is 0.304 e. The van der Waals surface area contributed by atoms with Crippen LogP contribution in [-0.4, -0.2) is 39.3 Å². The zero-order chi connectivity index (χ0) is 17.3. The van der Waals surface area contributed by atoms with Crippen LogP contribution in [0.5, 0.6) is 0 Å². The molecule has 3 rings (SSSR count). The summed E-state index contributed by atoms with van der Waals surface area (Å²) in [4.78, 5) is 41.9. The second-order valence-corrected chi connectivity index (χ2v) is 6.61. The number of aryl methyl sites for hydroxylation is 1. The second kappa shape index (κ2) is 6.52. The fourth-order valence-corrected chi connectivity index (χ4v) is 3.64. The van der Waals surface area contributed by atoms with Gasteiger partial charge in [-0.15, -0.1) is 11.3 Å². The van der Waals surface area contributed by atoms with Crippen LogP contribution in [0.2, 0.25) is 0 Å². The molecule has 1 aliphatic heterocycles. The summed E-state index contributed by atoms with van der Waals surface area (Å²) in [5.41, 5.74) is 1.80. The predicted octanol–water partition coefficient (Wildman–Crippen LogP) is 2.23. The fourth-order valence-electron chi connectivity index (χ4n) is 2.87. The molecule has 1 aromatic heterocycles. The average molecular weight is 344 g/mol. The molecule has 1 atom stereocenters. The molecular weight excluding hydrogens is 328 g/mol. The van der Waals surface area contributed by atoms with Crippen molar-refractivity contribution < 1.29 is 19.5 Å². The Bertz CT molecular complexity index is 814. The number of carbonyl (C=O) groups is 3. The van der Waals surface area contributed by atoms with E-state index >= 15 is 0 Å². The average Bonchev–Trinajstić information content (AvgIpc) is 2.96. The first kappa shape index (κ1) is 16.3. The van der Waals surface area contributed by atoms with Crippen LogP contribution >= 0.6 is 11.3 Å². The number of carboxylic acids is 1. The summed E-state index contributed by atoms with van der Waals surface area (Å²) in [6.45, 7) is 2.09. The van der Waals surface area contributed by atoms with E-state index in [1.165, 1.54) is 11.3 Å². The zero-order valence-electron chi connectivity index (χ0n) is 13.1. The first-order chi connectivity index (χ1) is 11.5. The van der Waals surface area contributed by atoms with Gasteiger partial charge in [-0.1, -0.05) is 18.2 Å². The van der Waals surface area contributed by atoms with E-state index in [0.29, 0.717) is 17.5 Å². The molecule has 0 bridgehead atoms. The third-order valence-electron chi connectivity index (χ3n) is 3.97. The number of imide groups is 1. The monoisotopic (exact) mass is 344 g/mol. The summed E-state index contributed by atoms with van der Waals surface area (Å²) >= 11 is 1.48. The Morgan fingerprint density at radius 2 is 2.08 bits per heavy atom. The van der Waals surface area contributed by atoms with E-state index in [0.717, 1.165) is 15.6 Å². The van der Waals surface area contributed by atoms with E-state index in [-0.39, 0.29) is 18.9 Å². The Hall–Kier alpha value is -2.54. The number of rotatable bonds is 5. The first-order valence-electron chi connectivity index (χ1n) is 7.55. The van der Waals surface area contributed by atoms with Crippen LogP contribution in [0.15, 0.2) is 29.6 Å². The number of aliphatic carboxylic acids is 1. The van der Waals surface area contributed by atoms with E-state index < -0.39 is 17.8 Å². The van der Waals surface area contributed by atoms with Crippen molar-refractivity contribution in [3.8, 4) is 0 Å². The lowest BCUT2D eigenvalue weighted by atomic mass is 9.86. The first-order valence-corrected chi connectivity index (χ1v) is 8.42. The van der Waals surface area contributed by atoms with Crippen LogP contribution in [0, 0.1) is 6.92 Å². The van der Waals surface area contributed by atoms with Crippen LogP contribution in [0.3, 0.4) is 0 Å². The molecule has 0 aliphatic carbocycles. The van der Waals surface area contributed by atoms with Crippen molar-refractivity contribution in [2.45, 2.75) is 25.7 Å². The summed E-state index contributed by atoms with van der Waals surface area (Å²) in [5, 5.41) is 11.9. The molecule has 1 N–H and O–H groups in total. The van der Waals surface area contributed by atoms with Gasteiger partial charge in [0.2, 0.25) is 5.91 Å². The van der Waals surface area contributed by atoms with Gasteiger partial charge in [-0.05, 0) is 18.6 Å². The molecular formula is C17H16N2O4S. The van der Waals surface area contributed by atoms with E-state index in [1.54, 1.807) is 24.3 Å². The van der Waals surface area contributed by atoms with Gasteiger partial charge in [0.1, 0.15) is 0 Å². The number of nitrogens with zero attached hydrogens (tertiary/aromatic N) is 2. The maximum atomic E-state index is 12.7. The number of carboxylic acid groups (broad SMARTS) is 1. The van der Waals surface area contributed by atoms with Crippen molar-refractivity contribution in [1.29, 1.82) is 0 Å². The SMILES string of the molecule is Cc1csc(CCN2C(=O)c3ccccc3C(CC(=O)O)C2=O)n1. The highest BCUT2D eigenvalue weighted by Gasteiger charge is 2.39. The maximum absolute atomic E-state index is 12.7. The van der Waals surface area contributed by atoms with Crippen LogP contribution in [0.4, 0.5) is 0 Å². The molecule has 24 heavy (non-hydrogen) atoms. The van der Waals surface area contributed by atoms with Crippen LogP contribution in [-0.2, 0) is 16.0 Å². The van der Waals surface area contributed by atoms with Crippen molar-refractivity contribution in [3.05, 3.63) is 51.5 Å². The lowest BCUT2D eigenvalue weighted by Crippen LogP contribution is -2.46. The molecule has 0 saturated carbocycles. The quantitative estimate of drug-likeness (QED) is 0.841. The Morgan fingerprint density at radius 1 is 1.33 bits per heavy atom. The Morgan fingerprint density at radius 3 is 2.75 bits per heavy atom. The summed E-state index contributed by atoms with van der Waals surface area (Å²) in [7, 11) is 0. The molecule has 0 spiro atoms. The highest BCUT2D eigenvalue weighted by atomic mass is 32.1. The highest BCUT2D eigenvalue weighted by Crippen LogP contribution is 2.32. The summed E-state index contributed by atoms with van der Waals surface area (Å²) in [6, 6.07) is 6.72. The van der Waals surface area contributed by atoms with E-state index in [2.05, 4.69) is 4.98 Å². The van der Waals surface area contributed by atoms with Gasteiger partial charge in [-0.2, -0.15) is 0 Å². The van der Waals surface area contributed by atoms with E-state index in [1.807, 2.05) is 12.3 Å². The zero-order valence-corrected chi connectivity index (χ0v) is 13.9. The van der Waals surface area contributed by atoms with Crippen LogP contribution in [0.25, 0.3) is 0 Å². The number of thiazole rings is 1. The Kier molecular flexibility index (Phi) is 4.44. The van der Waals surface area contributed by atoms with Crippen LogP contribution < -0.4 is 0 Å². The molecule has 1 aromatic carbocycles. The largest absolute Gasteiger partial charge is 0.481 e. The number of hydrogen-bond donors (Lipinski definition) is 1. The topological polar surface area (TPSA) is 87.6 Å². The molecule has 0 fully saturated rings. The number of aromatic nitrogens is 1. The van der Waals surface area contributed by atoms with Gasteiger partial charge in [-0.3, -0.25) is 19.3 Å². The van der Waals surface area contributed by atoms with Crippen molar-refractivity contribution in [3.63, 3.8) is 0 Å². The minimum Gasteiger partial charge on any atom is -0.481 e. The van der Waals surface area contributed by atoms with Gasteiger partial charge < -0.3 is 5.11 Å². The van der Waals surface area contributed by atoms with Crippen LogP contribution in [0.1, 0.15) is 39.0 Å². The summed E-state index contributed by atoms with van der Waals surface area (Å²) in [5.74, 6) is -2.71. The highest BCUT2D eigenvalue weighted by molar-refractivity contribution is 7.09. The molecule has 0 radical (unpaired) electrons. The normalized spacial score (nSPS) is 17.0. The Labute approximate surface area is 142 Å². The smallest absolute Gasteiger partial charge is 0.304 e. The minimum atomic E-state index is -1.06. The lowest BCUT2D eigenvalue weighted by molar-refractivity contribution is -0.141. The van der Waals surface area contributed by atoms with Crippen molar-refractivity contribution in [1.82, 2.24) is 9.88 Å². The van der Waals surface area contributed by atoms with Gasteiger partial charge >= 0.3 is 5.97 Å². The van der Waals surface area contributed by atoms with Crippen molar-refractivity contribution in [2.24, 2.45) is 0 Å². The third kappa shape index (κ3) is 3.07. The lowest BCUT2D eigenvalue weighted by Gasteiger charge is -2.31. The number of hydrogen-bond acceptors (Lipinski definition) is 5. The number of carbonyl (C=O) groups excluding carboxylic acids is 2. The molecule has 1 aliphatic rings.